The van der Waals surface area contributed by atoms with Crippen molar-refractivity contribution in [2.75, 3.05) is 13.2 Å². The maximum Gasteiger partial charge on any atom is 0.289 e. The Balaban J connectivity index is 2.47. The van der Waals surface area contributed by atoms with Crippen LogP contribution in [-0.2, 0) is 14.8 Å². The molecule has 1 aromatic rings. The average Bonchev–Trinajstić information content (AvgIpc) is 2.41. The second-order valence-electron chi connectivity index (χ2n) is 4.79. The number of hydrogen-bond donors (Lipinski definition) is 0. The van der Waals surface area contributed by atoms with Crippen LogP contribution in [0.25, 0.3) is 0 Å². The molecule has 1 aliphatic heterocycles. The summed E-state index contributed by atoms with van der Waals surface area (Å²) < 4.78 is 31.9. The fourth-order valence-electron chi connectivity index (χ4n) is 2.16. The van der Waals surface area contributed by atoms with Crippen LogP contribution in [0.3, 0.4) is 0 Å². The Labute approximate surface area is 117 Å². The van der Waals surface area contributed by atoms with Gasteiger partial charge in [0.05, 0.1) is 17.6 Å². The van der Waals surface area contributed by atoms with Crippen molar-refractivity contribution in [3.8, 4) is 0 Å². The number of morpholine rings is 1. The highest BCUT2D eigenvalue weighted by molar-refractivity contribution is 7.89. The molecule has 0 bridgehead atoms. The minimum Gasteiger partial charge on any atom is -0.375 e. The maximum absolute atomic E-state index is 12.6. The number of nitro groups is 1. The number of rotatable bonds is 3. The standard InChI is InChI=1S/C12H16N2O5S/c1-9-8-19-10(2)7-13(9)20(17,18)12-6-4-3-5-11(12)14(15)16/h3-6,9-10H,7-8H2,1-2H3/t9-,10+/m0/s1. The summed E-state index contributed by atoms with van der Waals surface area (Å²) in [5, 5.41) is 11.0. The number of nitro benzene ring substituents is 1. The fourth-order valence-corrected chi connectivity index (χ4v) is 4.01. The molecule has 20 heavy (non-hydrogen) atoms. The Kier molecular flexibility index (Phi) is 4.07. The van der Waals surface area contributed by atoms with Gasteiger partial charge in [-0.15, -0.1) is 0 Å². The third-order valence-corrected chi connectivity index (χ3v) is 5.23. The van der Waals surface area contributed by atoms with Crippen LogP contribution in [0.1, 0.15) is 13.8 Å². The summed E-state index contributed by atoms with van der Waals surface area (Å²) >= 11 is 0. The molecule has 110 valence electrons. The first kappa shape index (κ1) is 14.9. The van der Waals surface area contributed by atoms with Gasteiger partial charge in [0.2, 0.25) is 10.0 Å². The highest BCUT2D eigenvalue weighted by Gasteiger charge is 2.37. The van der Waals surface area contributed by atoms with Gasteiger partial charge in [-0.05, 0) is 19.9 Å². The van der Waals surface area contributed by atoms with Gasteiger partial charge in [-0.1, -0.05) is 12.1 Å². The topological polar surface area (TPSA) is 89.8 Å². The van der Waals surface area contributed by atoms with Crippen molar-refractivity contribution in [2.45, 2.75) is 30.9 Å². The SMILES string of the molecule is C[C@@H]1CN(S(=O)(=O)c2ccccc2[N+](=O)[O-])[C@@H](C)CO1. The molecule has 7 nitrogen and oxygen atoms in total. The Morgan fingerprint density at radius 1 is 1.35 bits per heavy atom. The molecule has 1 aromatic carbocycles. The third-order valence-electron chi connectivity index (χ3n) is 3.20. The van der Waals surface area contributed by atoms with Crippen molar-refractivity contribution in [3.05, 3.63) is 34.4 Å². The average molecular weight is 300 g/mol. The van der Waals surface area contributed by atoms with Crippen LogP contribution in [0, 0.1) is 10.1 Å². The fraction of sp³-hybridized carbons (Fsp3) is 0.500. The third kappa shape index (κ3) is 2.67. The highest BCUT2D eigenvalue weighted by atomic mass is 32.2. The zero-order chi connectivity index (χ0) is 14.9. The molecule has 1 heterocycles. The second kappa shape index (κ2) is 5.47. The van der Waals surface area contributed by atoms with E-state index in [0.29, 0.717) is 0 Å². The van der Waals surface area contributed by atoms with E-state index >= 15 is 0 Å². The molecule has 1 fully saturated rings. The summed E-state index contributed by atoms with van der Waals surface area (Å²) in [6, 6.07) is 5.04. The number of benzene rings is 1. The van der Waals surface area contributed by atoms with E-state index in [9.17, 15) is 18.5 Å². The summed E-state index contributed by atoms with van der Waals surface area (Å²) in [5.41, 5.74) is -0.404. The molecular formula is C12H16N2O5S. The lowest BCUT2D eigenvalue weighted by atomic mass is 10.2. The second-order valence-corrected chi connectivity index (χ2v) is 6.65. The van der Waals surface area contributed by atoms with Gasteiger partial charge in [0.1, 0.15) is 0 Å². The van der Waals surface area contributed by atoms with Crippen LogP contribution < -0.4 is 0 Å². The van der Waals surface area contributed by atoms with Crippen molar-refractivity contribution in [1.29, 1.82) is 0 Å². The molecule has 0 N–H and O–H groups in total. The summed E-state index contributed by atoms with van der Waals surface area (Å²) in [6.07, 6.45) is -0.233. The molecule has 8 heteroatoms. The van der Waals surface area contributed by atoms with Crippen LogP contribution in [0.5, 0.6) is 0 Å². The lowest BCUT2D eigenvalue weighted by Gasteiger charge is -2.35. The molecule has 0 radical (unpaired) electrons. The minimum absolute atomic E-state index is 0.190. The van der Waals surface area contributed by atoms with E-state index in [1.807, 2.05) is 0 Å². The summed E-state index contributed by atoms with van der Waals surface area (Å²) in [7, 11) is -3.91. The highest BCUT2D eigenvalue weighted by Crippen LogP contribution is 2.29. The number of sulfonamides is 1. The predicted octanol–water partition coefficient (Wildman–Crippen LogP) is 1.39. The molecule has 0 unspecified atom stereocenters. The van der Waals surface area contributed by atoms with E-state index in [-0.39, 0.29) is 30.2 Å². The Bertz CT molecular complexity index is 616. The minimum atomic E-state index is -3.91. The molecule has 1 aliphatic rings. The van der Waals surface area contributed by atoms with Crippen LogP contribution in [0.2, 0.25) is 0 Å². The molecule has 0 spiro atoms. The van der Waals surface area contributed by atoms with Gasteiger partial charge in [-0.2, -0.15) is 4.31 Å². The Hall–Kier alpha value is -1.51. The van der Waals surface area contributed by atoms with E-state index in [1.165, 1.54) is 28.6 Å². The van der Waals surface area contributed by atoms with Gasteiger partial charge >= 0.3 is 0 Å². The Morgan fingerprint density at radius 2 is 2.00 bits per heavy atom. The monoisotopic (exact) mass is 300 g/mol. The zero-order valence-corrected chi connectivity index (χ0v) is 12.0. The number of ether oxygens (including phenoxy) is 1. The van der Waals surface area contributed by atoms with Crippen molar-refractivity contribution < 1.29 is 18.1 Å². The maximum atomic E-state index is 12.6. The van der Waals surface area contributed by atoms with Crippen LogP contribution in [0.15, 0.2) is 29.2 Å². The molecule has 0 amide bonds. The van der Waals surface area contributed by atoms with Crippen molar-refractivity contribution in [1.82, 2.24) is 4.31 Å². The normalized spacial score (nSPS) is 24.5. The van der Waals surface area contributed by atoms with Gasteiger partial charge in [0.25, 0.3) is 5.69 Å². The smallest absolute Gasteiger partial charge is 0.289 e. The van der Waals surface area contributed by atoms with Gasteiger partial charge in [0.15, 0.2) is 4.90 Å². The van der Waals surface area contributed by atoms with E-state index in [4.69, 9.17) is 4.74 Å². The molecule has 1 saturated heterocycles. The van der Waals surface area contributed by atoms with Crippen LogP contribution in [-0.4, -0.2) is 42.9 Å². The lowest BCUT2D eigenvalue weighted by molar-refractivity contribution is -0.387. The first-order valence-electron chi connectivity index (χ1n) is 6.21. The number of nitrogens with zero attached hydrogens (tertiary/aromatic N) is 2. The van der Waals surface area contributed by atoms with Crippen LogP contribution >= 0.6 is 0 Å². The summed E-state index contributed by atoms with van der Waals surface area (Å²) in [4.78, 5) is 10.0. The van der Waals surface area contributed by atoms with Gasteiger partial charge in [-0.3, -0.25) is 10.1 Å². The first-order chi connectivity index (χ1) is 9.34. The van der Waals surface area contributed by atoms with E-state index in [2.05, 4.69) is 0 Å². The van der Waals surface area contributed by atoms with Crippen molar-refractivity contribution >= 4 is 15.7 Å². The summed E-state index contributed by atoms with van der Waals surface area (Å²) in [5.74, 6) is 0. The van der Waals surface area contributed by atoms with E-state index < -0.39 is 20.6 Å². The predicted molar refractivity (Wildman–Crippen MR) is 71.9 cm³/mol. The molecule has 0 aliphatic carbocycles. The lowest BCUT2D eigenvalue weighted by Crippen LogP contribution is -2.50. The number of para-hydroxylation sites is 1. The van der Waals surface area contributed by atoms with Crippen LogP contribution in [0.4, 0.5) is 5.69 Å². The number of hydrogen-bond acceptors (Lipinski definition) is 5. The summed E-state index contributed by atoms with van der Waals surface area (Å²) in [6.45, 7) is 3.96. The molecule has 2 rings (SSSR count). The molecular weight excluding hydrogens is 284 g/mol. The molecule has 2 atom stereocenters. The van der Waals surface area contributed by atoms with Gasteiger partial charge < -0.3 is 4.74 Å². The first-order valence-corrected chi connectivity index (χ1v) is 7.65. The molecule has 0 aromatic heterocycles. The van der Waals surface area contributed by atoms with E-state index in [1.54, 1.807) is 13.8 Å². The Morgan fingerprint density at radius 3 is 2.65 bits per heavy atom. The van der Waals surface area contributed by atoms with Crippen molar-refractivity contribution in [3.63, 3.8) is 0 Å². The largest absolute Gasteiger partial charge is 0.375 e. The quantitative estimate of drug-likeness (QED) is 0.621. The van der Waals surface area contributed by atoms with Gasteiger partial charge in [-0.25, -0.2) is 8.42 Å². The van der Waals surface area contributed by atoms with Crippen molar-refractivity contribution in [2.24, 2.45) is 0 Å². The van der Waals surface area contributed by atoms with E-state index in [0.717, 1.165) is 0 Å². The van der Waals surface area contributed by atoms with Gasteiger partial charge in [0, 0.05) is 18.7 Å². The zero-order valence-electron chi connectivity index (χ0n) is 11.2. The molecule has 0 saturated carbocycles.